The van der Waals surface area contributed by atoms with Crippen molar-refractivity contribution in [3.8, 4) is 0 Å². The quantitative estimate of drug-likeness (QED) is 0.501. The van der Waals surface area contributed by atoms with Crippen molar-refractivity contribution < 1.29 is 14.0 Å². The Bertz CT molecular complexity index is 1380. The zero-order valence-electron chi connectivity index (χ0n) is 17.3. The van der Waals surface area contributed by atoms with Gasteiger partial charge in [0.05, 0.1) is 23.2 Å². The van der Waals surface area contributed by atoms with E-state index in [1.807, 2.05) is 18.2 Å². The molecule has 0 bridgehead atoms. The number of nitrogens with one attached hydrogen (secondary N) is 2. The molecule has 0 saturated heterocycles. The van der Waals surface area contributed by atoms with Crippen LogP contribution < -0.4 is 16.2 Å². The van der Waals surface area contributed by atoms with Crippen molar-refractivity contribution in [2.45, 2.75) is 6.42 Å². The minimum absolute atomic E-state index is 0.0439. The number of halogens is 1. The minimum Gasteiger partial charge on any atom is -0.323 e. The summed E-state index contributed by atoms with van der Waals surface area (Å²) in [6.07, 6.45) is 0.0934. The number of hydrogen-bond acceptors (Lipinski definition) is 3. The first-order valence-electron chi connectivity index (χ1n) is 9.96. The van der Waals surface area contributed by atoms with Crippen molar-refractivity contribution in [1.82, 2.24) is 4.57 Å². The van der Waals surface area contributed by atoms with E-state index in [-0.39, 0.29) is 34.8 Å². The van der Waals surface area contributed by atoms with Crippen LogP contribution in [0, 0.1) is 5.82 Å². The predicted molar refractivity (Wildman–Crippen MR) is 122 cm³/mol. The number of para-hydroxylation sites is 1. The van der Waals surface area contributed by atoms with Gasteiger partial charge in [-0.1, -0.05) is 48.5 Å². The lowest BCUT2D eigenvalue weighted by atomic mass is 10.1. The van der Waals surface area contributed by atoms with Gasteiger partial charge in [-0.2, -0.15) is 0 Å². The standard InChI is InChI=1S/C25H20FN3O3/c1-29-22-10-6-5-9-18(22)19(15-24(29)31)25(32)27-17-11-12-20(26)21(14-17)28-23(30)13-16-7-3-2-4-8-16/h2-12,14-15H,13H2,1H3,(H,27,32)(H,28,30). The van der Waals surface area contributed by atoms with E-state index in [0.29, 0.717) is 10.9 Å². The van der Waals surface area contributed by atoms with Gasteiger partial charge in [-0.25, -0.2) is 4.39 Å². The number of anilines is 2. The summed E-state index contributed by atoms with van der Waals surface area (Å²) in [4.78, 5) is 37.5. The van der Waals surface area contributed by atoms with Gasteiger partial charge in [0, 0.05) is 24.2 Å². The Morgan fingerprint density at radius 3 is 2.41 bits per heavy atom. The van der Waals surface area contributed by atoms with Crippen LogP contribution in [0.1, 0.15) is 15.9 Å². The Hall–Kier alpha value is -4.26. The van der Waals surface area contributed by atoms with Crippen LogP contribution in [0.15, 0.2) is 83.7 Å². The molecular weight excluding hydrogens is 409 g/mol. The molecule has 0 atom stereocenters. The molecule has 7 heteroatoms. The third-order valence-electron chi connectivity index (χ3n) is 5.10. The molecule has 2 N–H and O–H groups in total. The van der Waals surface area contributed by atoms with Gasteiger partial charge in [0.1, 0.15) is 5.82 Å². The van der Waals surface area contributed by atoms with E-state index < -0.39 is 11.7 Å². The van der Waals surface area contributed by atoms with E-state index in [2.05, 4.69) is 10.6 Å². The highest BCUT2D eigenvalue weighted by molar-refractivity contribution is 6.12. The molecule has 3 aromatic carbocycles. The summed E-state index contributed by atoms with van der Waals surface area (Å²) in [5.41, 5.74) is 1.56. The number of carbonyl (C=O) groups is 2. The average molecular weight is 429 g/mol. The highest BCUT2D eigenvalue weighted by Gasteiger charge is 2.15. The molecule has 0 unspecified atom stereocenters. The summed E-state index contributed by atoms with van der Waals surface area (Å²) in [7, 11) is 1.64. The number of pyridine rings is 1. The SMILES string of the molecule is Cn1c(=O)cc(C(=O)Nc2ccc(F)c(NC(=O)Cc3ccccc3)c2)c2ccccc21. The number of aryl methyl sites for hydroxylation is 1. The molecular formula is C25H20FN3O3. The first-order chi connectivity index (χ1) is 15.4. The second kappa shape index (κ2) is 8.85. The van der Waals surface area contributed by atoms with E-state index in [1.165, 1.54) is 22.8 Å². The van der Waals surface area contributed by atoms with Gasteiger partial charge in [0.2, 0.25) is 5.91 Å². The molecule has 6 nitrogen and oxygen atoms in total. The summed E-state index contributed by atoms with van der Waals surface area (Å²) >= 11 is 0. The number of rotatable bonds is 5. The molecule has 0 fully saturated rings. The molecule has 1 heterocycles. The molecule has 0 aliphatic rings. The topological polar surface area (TPSA) is 80.2 Å². The van der Waals surface area contributed by atoms with Crippen LogP contribution in [0.4, 0.5) is 15.8 Å². The Morgan fingerprint density at radius 2 is 1.62 bits per heavy atom. The molecule has 1 aromatic heterocycles. The second-order valence-electron chi connectivity index (χ2n) is 7.33. The minimum atomic E-state index is -0.622. The van der Waals surface area contributed by atoms with Gasteiger partial charge in [0.15, 0.2) is 0 Å². The molecule has 0 radical (unpaired) electrons. The van der Waals surface area contributed by atoms with Crippen LogP contribution in [0.25, 0.3) is 10.9 Å². The van der Waals surface area contributed by atoms with Crippen LogP contribution in [0.5, 0.6) is 0 Å². The lowest BCUT2D eigenvalue weighted by molar-refractivity contribution is -0.115. The molecule has 4 rings (SSSR count). The molecule has 4 aromatic rings. The molecule has 32 heavy (non-hydrogen) atoms. The van der Waals surface area contributed by atoms with Crippen LogP contribution in [-0.4, -0.2) is 16.4 Å². The molecule has 160 valence electrons. The van der Waals surface area contributed by atoms with Crippen molar-refractivity contribution in [2.75, 3.05) is 10.6 Å². The lowest BCUT2D eigenvalue weighted by Gasteiger charge is -2.12. The van der Waals surface area contributed by atoms with Gasteiger partial charge in [0.25, 0.3) is 11.5 Å². The number of amides is 2. The highest BCUT2D eigenvalue weighted by Crippen LogP contribution is 2.22. The van der Waals surface area contributed by atoms with Crippen molar-refractivity contribution in [1.29, 1.82) is 0 Å². The normalized spacial score (nSPS) is 10.7. The largest absolute Gasteiger partial charge is 0.323 e. The van der Waals surface area contributed by atoms with Crippen LogP contribution in [-0.2, 0) is 18.3 Å². The Kier molecular flexibility index (Phi) is 5.81. The highest BCUT2D eigenvalue weighted by atomic mass is 19.1. The van der Waals surface area contributed by atoms with Gasteiger partial charge in [-0.05, 0) is 29.8 Å². The van der Waals surface area contributed by atoms with Crippen molar-refractivity contribution >= 4 is 34.1 Å². The van der Waals surface area contributed by atoms with Crippen LogP contribution in [0.3, 0.4) is 0 Å². The van der Waals surface area contributed by atoms with Gasteiger partial charge >= 0.3 is 0 Å². The number of carbonyl (C=O) groups excluding carboxylic acids is 2. The Labute approximate surface area is 183 Å². The third kappa shape index (κ3) is 4.41. The zero-order chi connectivity index (χ0) is 22.7. The summed E-state index contributed by atoms with van der Waals surface area (Å²) in [5, 5.41) is 5.84. The van der Waals surface area contributed by atoms with Gasteiger partial charge in [-0.15, -0.1) is 0 Å². The molecule has 0 spiro atoms. The van der Waals surface area contributed by atoms with Gasteiger partial charge in [-0.3, -0.25) is 14.4 Å². The smallest absolute Gasteiger partial charge is 0.256 e. The Balaban J connectivity index is 1.56. The zero-order valence-corrected chi connectivity index (χ0v) is 17.3. The van der Waals surface area contributed by atoms with Crippen molar-refractivity contribution in [3.05, 3.63) is 106 Å². The first-order valence-corrected chi connectivity index (χ1v) is 9.96. The monoisotopic (exact) mass is 429 g/mol. The number of benzene rings is 3. The van der Waals surface area contributed by atoms with Crippen molar-refractivity contribution in [3.63, 3.8) is 0 Å². The van der Waals surface area contributed by atoms with E-state index in [1.54, 1.807) is 43.4 Å². The molecule has 0 saturated carbocycles. The van der Waals surface area contributed by atoms with Crippen LogP contribution in [0.2, 0.25) is 0 Å². The number of fused-ring (bicyclic) bond motifs is 1. The number of aromatic nitrogens is 1. The Morgan fingerprint density at radius 1 is 0.906 bits per heavy atom. The first kappa shape index (κ1) is 21.0. The maximum atomic E-state index is 14.3. The fourth-order valence-corrected chi connectivity index (χ4v) is 3.47. The van der Waals surface area contributed by atoms with Crippen molar-refractivity contribution in [2.24, 2.45) is 7.05 Å². The average Bonchev–Trinajstić information content (AvgIpc) is 2.79. The van der Waals surface area contributed by atoms with E-state index in [4.69, 9.17) is 0 Å². The fourth-order valence-electron chi connectivity index (χ4n) is 3.47. The third-order valence-corrected chi connectivity index (χ3v) is 5.10. The summed E-state index contributed by atoms with van der Waals surface area (Å²) in [5.74, 6) is -1.51. The summed E-state index contributed by atoms with van der Waals surface area (Å²) < 4.78 is 15.7. The molecule has 0 aliphatic carbocycles. The van der Waals surface area contributed by atoms with E-state index in [0.717, 1.165) is 11.6 Å². The van der Waals surface area contributed by atoms with Gasteiger partial charge < -0.3 is 15.2 Å². The number of nitrogens with zero attached hydrogens (tertiary/aromatic N) is 1. The van der Waals surface area contributed by atoms with Crippen LogP contribution >= 0.6 is 0 Å². The molecule has 0 aliphatic heterocycles. The van der Waals surface area contributed by atoms with E-state index >= 15 is 0 Å². The maximum absolute atomic E-state index is 14.3. The molecule has 2 amide bonds. The summed E-state index contributed by atoms with van der Waals surface area (Å²) in [6, 6.07) is 21.3. The summed E-state index contributed by atoms with van der Waals surface area (Å²) in [6.45, 7) is 0. The second-order valence-corrected chi connectivity index (χ2v) is 7.33. The fraction of sp³-hybridized carbons (Fsp3) is 0.0800. The van der Waals surface area contributed by atoms with E-state index in [9.17, 15) is 18.8 Å². The lowest BCUT2D eigenvalue weighted by Crippen LogP contribution is -2.21. The number of hydrogen-bond donors (Lipinski definition) is 2. The maximum Gasteiger partial charge on any atom is 0.256 e. The predicted octanol–water partition coefficient (Wildman–Crippen LogP) is 4.11.